The predicted molar refractivity (Wildman–Crippen MR) is 61.4 cm³/mol. The maximum atomic E-state index is 5.90. The van der Waals surface area contributed by atoms with Crippen LogP contribution in [-0.2, 0) is 0 Å². The lowest BCUT2D eigenvalue weighted by Crippen LogP contribution is -2.10. The van der Waals surface area contributed by atoms with Gasteiger partial charge in [-0.15, -0.1) is 0 Å². The molecule has 0 saturated heterocycles. The van der Waals surface area contributed by atoms with Crippen LogP contribution in [0.5, 0.6) is 0 Å². The van der Waals surface area contributed by atoms with Gasteiger partial charge >= 0.3 is 0 Å². The maximum Gasteiger partial charge on any atom is 0.0410 e. The van der Waals surface area contributed by atoms with E-state index in [-0.39, 0.29) is 6.04 Å². The molecule has 1 rings (SSSR count). The first-order valence-electron chi connectivity index (χ1n) is 3.85. The van der Waals surface area contributed by atoms with Crippen LogP contribution in [0.4, 0.5) is 0 Å². The summed E-state index contributed by atoms with van der Waals surface area (Å²) in [5.41, 5.74) is 7.04. The standard InChI is InChI=1S/C9H11ClIN/c1-2-9(12)7-5-6(10)3-4-8(7)11/h3-5,9H,2,12H2,1H3. The van der Waals surface area contributed by atoms with Crippen LogP contribution in [0.25, 0.3) is 0 Å². The molecule has 1 aromatic rings. The quantitative estimate of drug-likeness (QED) is 0.832. The minimum Gasteiger partial charge on any atom is -0.324 e. The topological polar surface area (TPSA) is 26.0 Å². The van der Waals surface area contributed by atoms with Crippen molar-refractivity contribution in [2.45, 2.75) is 19.4 Å². The highest BCUT2D eigenvalue weighted by Crippen LogP contribution is 2.23. The molecule has 0 fully saturated rings. The Kier molecular flexibility index (Phi) is 3.80. The van der Waals surface area contributed by atoms with E-state index in [1.165, 1.54) is 3.57 Å². The van der Waals surface area contributed by atoms with Gasteiger partial charge in [0.15, 0.2) is 0 Å². The summed E-state index contributed by atoms with van der Waals surface area (Å²) in [5, 5.41) is 0.759. The van der Waals surface area contributed by atoms with E-state index in [0.717, 1.165) is 17.0 Å². The fraction of sp³-hybridized carbons (Fsp3) is 0.333. The molecule has 0 bridgehead atoms. The first-order valence-corrected chi connectivity index (χ1v) is 5.31. The third-order valence-corrected chi connectivity index (χ3v) is 3.01. The van der Waals surface area contributed by atoms with E-state index in [2.05, 4.69) is 29.5 Å². The monoisotopic (exact) mass is 295 g/mol. The Hall–Kier alpha value is 0.200. The zero-order valence-corrected chi connectivity index (χ0v) is 9.76. The highest BCUT2D eigenvalue weighted by atomic mass is 127. The Labute approximate surface area is 91.4 Å². The van der Waals surface area contributed by atoms with Gasteiger partial charge in [-0.1, -0.05) is 18.5 Å². The van der Waals surface area contributed by atoms with Crippen LogP contribution in [0, 0.1) is 3.57 Å². The van der Waals surface area contributed by atoms with Crippen molar-refractivity contribution in [3.8, 4) is 0 Å². The van der Waals surface area contributed by atoms with Crippen LogP contribution >= 0.6 is 34.2 Å². The largest absolute Gasteiger partial charge is 0.324 e. The van der Waals surface area contributed by atoms with Crippen LogP contribution in [-0.4, -0.2) is 0 Å². The van der Waals surface area contributed by atoms with E-state index in [9.17, 15) is 0 Å². The van der Waals surface area contributed by atoms with E-state index >= 15 is 0 Å². The van der Waals surface area contributed by atoms with Gasteiger partial charge in [-0.2, -0.15) is 0 Å². The molecule has 0 radical (unpaired) electrons. The van der Waals surface area contributed by atoms with Gasteiger partial charge in [-0.25, -0.2) is 0 Å². The first-order chi connectivity index (χ1) is 5.65. The molecule has 66 valence electrons. The third-order valence-electron chi connectivity index (χ3n) is 1.80. The maximum absolute atomic E-state index is 5.90. The molecule has 0 aliphatic rings. The van der Waals surface area contributed by atoms with Crippen molar-refractivity contribution in [3.63, 3.8) is 0 Å². The number of rotatable bonds is 2. The Bertz CT molecular complexity index is 275. The molecule has 1 unspecified atom stereocenters. The van der Waals surface area contributed by atoms with Crippen LogP contribution in [0.15, 0.2) is 18.2 Å². The highest BCUT2D eigenvalue weighted by Gasteiger charge is 2.07. The van der Waals surface area contributed by atoms with Crippen molar-refractivity contribution >= 4 is 34.2 Å². The van der Waals surface area contributed by atoms with Gasteiger partial charge in [0.05, 0.1) is 0 Å². The molecule has 12 heavy (non-hydrogen) atoms. The van der Waals surface area contributed by atoms with Gasteiger partial charge < -0.3 is 5.73 Å². The summed E-state index contributed by atoms with van der Waals surface area (Å²) in [6.07, 6.45) is 0.941. The second kappa shape index (κ2) is 4.44. The highest BCUT2D eigenvalue weighted by molar-refractivity contribution is 14.1. The average Bonchev–Trinajstić information content (AvgIpc) is 2.08. The van der Waals surface area contributed by atoms with E-state index in [1.54, 1.807) is 0 Å². The molecule has 1 atom stereocenters. The predicted octanol–water partition coefficient (Wildman–Crippen LogP) is 3.35. The molecule has 2 N–H and O–H groups in total. The van der Waals surface area contributed by atoms with Crippen LogP contribution in [0.3, 0.4) is 0 Å². The van der Waals surface area contributed by atoms with Gasteiger partial charge in [-0.3, -0.25) is 0 Å². The lowest BCUT2D eigenvalue weighted by Gasteiger charge is -2.11. The summed E-state index contributed by atoms with van der Waals surface area (Å²) in [7, 11) is 0. The van der Waals surface area contributed by atoms with E-state index in [1.807, 2.05) is 18.2 Å². The number of hydrogen-bond donors (Lipinski definition) is 1. The average molecular weight is 296 g/mol. The minimum absolute atomic E-state index is 0.107. The SMILES string of the molecule is CCC(N)c1cc(Cl)ccc1I. The molecule has 0 amide bonds. The normalized spacial score (nSPS) is 13.0. The Morgan fingerprint density at radius 1 is 1.58 bits per heavy atom. The second-order valence-corrected chi connectivity index (χ2v) is 4.28. The molecular formula is C9H11ClIN. The van der Waals surface area contributed by atoms with Gasteiger partial charge in [0.1, 0.15) is 0 Å². The van der Waals surface area contributed by atoms with Gasteiger partial charge in [-0.05, 0) is 52.8 Å². The molecule has 0 aliphatic carbocycles. The summed E-state index contributed by atoms with van der Waals surface area (Å²) < 4.78 is 1.19. The summed E-state index contributed by atoms with van der Waals surface area (Å²) in [6.45, 7) is 2.07. The van der Waals surface area contributed by atoms with Gasteiger partial charge in [0.25, 0.3) is 0 Å². The molecular weight excluding hydrogens is 284 g/mol. The molecule has 0 aromatic heterocycles. The van der Waals surface area contributed by atoms with Crippen molar-refractivity contribution < 1.29 is 0 Å². The third kappa shape index (κ3) is 2.34. The molecule has 3 heteroatoms. The van der Waals surface area contributed by atoms with Crippen LogP contribution in [0.1, 0.15) is 24.9 Å². The van der Waals surface area contributed by atoms with Gasteiger partial charge in [0.2, 0.25) is 0 Å². The molecule has 0 saturated carbocycles. The van der Waals surface area contributed by atoms with Crippen LogP contribution < -0.4 is 5.73 Å². The fourth-order valence-electron chi connectivity index (χ4n) is 1.02. The number of hydrogen-bond acceptors (Lipinski definition) is 1. The minimum atomic E-state index is 0.107. The summed E-state index contributed by atoms with van der Waals surface area (Å²) in [5.74, 6) is 0. The zero-order chi connectivity index (χ0) is 9.14. The molecule has 0 spiro atoms. The van der Waals surface area contributed by atoms with E-state index < -0.39 is 0 Å². The lowest BCUT2D eigenvalue weighted by molar-refractivity contribution is 0.695. The van der Waals surface area contributed by atoms with Crippen molar-refractivity contribution in [1.29, 1.82) is 0 Å². The number of benzene rings is 1. The summed E-state index contributed by atoms with van der Waals surface area (Å²) in [6, 6.07) is 5.93. The number of nitrogens with two attached hydrogens (primary N) is 1. The van der Waals surface area contributed by atoms with Crippen molar-refractivity contribution in [1.82, 2.24) is 0 Å². The van der Waals surface area contributed by atoms with Crippen molar-refractivity contribution in [2.75, 3.05) is 0 Å². The Balaban J connectivity index is 3.04. The zero-order valence-electron chi connectivity index (χ0n) is 6.85. The lowest BCUT2D eigenvalue weighted by atomic mass is 10.1. The Morgan fingerprint density at radius 3 is 2.83 bits per heavy atom. The number of halogens is 2. The molecule has 1 nitrogen and oxygen atoms in total. The van der Waals surface area contributed by atoms with Crippen molar-refractivity contribution in [2.24, 2.45) is 5.73 Å². The van der Waals surface area contributed by atoms with Crippen molar-refractivity contribution in [3.05, 3.63) is 32.4 Å². The fourth-order valence-corrected chi connectivity index (χ4v) is 1.93. The first kappa shape index (κ1) is 10.3. The molecule has 0 heterocycles. The van der Waals surface area contributed by atoms with Gasteiger partial charge in [0, 0.05) is 14.6 Å². The second-order valence-electron chi connectivity index (χ2n) is 2.68. The smallest absolute Gasteiger partial charge is 0.0410 e. The molecule has 0 aliphatic heterocycles. The summed E-state index contributed by atoms with van der Waals surface area (Å²) >= 11 is 8.14. The van der Waals surface area contributed by atoms with E-state index in [0.29, 0.717) is 0 Å². The summed E-state index contributed by atoms with van der Waals surface area (Å²) in [4.78, 5) is 0. The van der Waals surface area contributed by atoms with E-state index in [4.69, 9.17) is 17.3 Å². The van der Waals surface area contributed by atoms with Crippen LogP contribution in [0.2, 0.25) is 5.02 Å². The Morgan fingerprint density at radius 2 is 2.25 bits per heavy atom. The molecule has 1 aromatic carbocycles.